The van der Waals surface area contributed by atoms with Crippen LogP contribution in [0.1, 0.15) is 23.6 Å². The standard InChI is InChI=1S/C13H18N2O/c1-10(9-16)7-15-8-13-4-3-12(6-14)5-11(13)2/h3-5,10,15-16H,7-9H2,1-2H3. The lowest BCUT2D eigenvalue weighted by atomic mass is 10.1. The smallest absolute Gasteiger partial charge is 0.0991 e. The number of aryl methyl sites for hydroxylation is 1. The van der Waals surface area contributed by atoms with Crippen molar-refractivity contribution in [3.8, 4) is 6.07 Å². The zero-order valence-corrected chi connectivity index (χ0v) is 9.83. The molecular formula is C13H18N2O. The Kier molecular flexibility index (Phi) is 4.97. The van der Waals surface area contributed by atoms with Crippen LogP contribution in [0, 0.1) is 24.2 Å². The summed E-state index contributed by atoms with van der Waals surface area (Å²) in [5, 5.41) is 20.9. The first-order chi connectivity index (χ1) is 7.67. The third-order valence-electron chi connectivity index (χ3n) is 2.59. The molecule has 0 aromatic heterocycles. The summed E-state index contributed by atoms with van der Waals surface area (Å²) in [5.41, 5.74) is 3.03. The first-order valence-electron chi connectivity index (χ1n) is 5.48. The van der Waals surface area contributed by atoms with E-state index in [1.54, 1.807) is 0 Å². The second kappa shape index (κ2) is 6.26. The maximum atomic E-state index is 8.88. The van der Waals surface area contributed by atoms with E-state index in [1.165, 1.54) is 5.56 Å². The Labute approximate surface area is 96.7 Å². The van der Waals surface area contributed by atoms with Crippen molar-refractivity contribution in [3.05, 3.63) is 34.9 Å². The molecule has 3 heteroatoms. The van der Waals surface area contributed by atoms with E-state index in [-0.39, 0.29) is 12.5 Å². The molecule has 0 radical (unpaired) electrons. The van der Waals surface area contributed by atoms with Crippen LogP contribution in [0.3, 0.4) is 0 Å². The predicted molar refractivity (Wildman–Crippen MR) is 63.9 cm³/mol. The first kappa shape index (κ1) is 12.7. The van der Waals surface area contributed by atoms with Gasteiger partial charge in [0.2, 0.25) is 0 Å². The van der Waals surface area contributed by atoms with Gasteiger partial charge in [-0.15, -0.1) is 0 Å². The molecule has 1 aromatic rings. The topological polar surface area (TPSA) is 56.0 Å². The van der Waals surface area contributed by atoms with Crippen molar-refractivity contribution in [2.75, 3.05) is 13.2 Å². The minimum atomic E-state index is 0.208. The number of nitriles is 1. The monoisotopic (exact) mass is 218 g/mol. The molecule has 0 saturated carbocycles. The summed E-state index contributed by atoms with van der Waals surface area (Å²) in [6.45, 7) is 5.79. The van der Waals surface area contributed by atoms with Crippen LogP contribution in [-0.4, -0.2) is 18.3 Å². The van der Waals surface area contributed by atoms with Gasteiger partial charge in [-0.1, -0.05) is 13.0 Å². The van der Waals surface area contributed by atoms with E-state index in [0.29, 0.717) is 5.56 Å². The summed E-state index contributed by atoms with van der Waals surface area (Å²) in [7, 11) is 0. The SMILES string of the molecule is Cc1cc(C#N)ccc1CNCC(C)CO. The fraction of sp³-hybridized carbons (Fsp3) is 0.462. The molecular weight excluding hydrogens is 200 g/mol. The third-order valence-corrected chi connectivity index (χ3v) is 2.59. The molecule has 16 heavy (non-hydrogen) atoms. The highest BCUT2D eigenvalue weighted by molar-refractivity contribution is 5.37. The quantitative estimate of drug-likeness (QED) is 0.789. The summed E-state index contributed by atoms with van der Waals surface area (Å²) in [6.07, 6.45) is 0. The highest BCUT2D eigenvalue weighted by Gasteiger charge is 2.02. The van der Waals surface area contributed by atoms with Crippen molar-refractivity contribution >= 4 is 0 Å². The Bertz CT molecular complexity index is 382. The zero-order chi connectivity index (χ0) is 12.0. The number of aliphatic hydroxyl groups is 1. The lowest BCUT2D eigenvalue weighted by molar-refractivity contribution is 0.233. The molecule has 1 rings (SSSR count). The van der Waals surface area contributed by atoms with Crippen LogP contribution >= 0.6 is 0 Å². The van der Waals surface area contributed by atoms with E-state index in [0.717, 1.165) is 18.7 Å². The van der Waals surface area contributed by atoms with Crippen LogP contribution in [0.5, 0.6) is 0 Å². The van der Waals surface area contributed by atoms with E-state index < -0.39 is 0 Å². The molecule has 0 bridgehead atoms. The number of nitrogens with one attached hydrogen (secondary N) is 1. The molecule has 1 unspecified atom stereocenters. The van der Waals surface area contributed by atoms with Crippen molar-refractivity contribution in [2.45, 2.75) is 20.4 Å². The lowest BCUT2D eigenvalue weighted by Crippen LogP contribution is -2.23. The highest BCUT2D eigenvalue weighted by atomic mass is 16.3. The number of rotatable bonds is 5. The predicted octanol–water partition coefficient (Wildman–Crippen LogP) is 1.58. The molecule has 0 saturated heterocycles. The molecule has 0 amide bonds. The minimum absolute atomic E-state index is 0.208. The van der Waals surface area contributed by atoms with Crippen molar-refractivity contribution in [1.29, 1.82) is 5.26 Å². The third kappa shape index (κ3) is 3.65. The number of hydrogen-bond acceptors (Lipinski definition) is 3. The van der Waals surface area contributed by atoms with Gasteiger partial charge in [0.1, 0.15) is 0 Å². The Balaban J connectivity index is 2.52. The fourth-order valence-electron chi connectivity index (χ4n) is 1.48. The van der Waals surface area contributed by atoms with Crippen LogP contribution in [-0.2, 0) is 6.54 Å². The average molecular weight is 218 g/mol. The molecule has 0 spiro atoms. The number of aliphatic hydroxyl groups excluding tert-OH is 1. The Hall–Kier alpha value is -1.37. The number of hydrogen-bond donors (Lipinski definition) is 2. The number of benzene rings is 1. The van der Waals surface area contributed by atoms with E-state index in [9.17, 15) is 0 Å². The summed E-state index contributed by atoms with van der Waals surface area (Å²) in [6, 6.07) is 7.83. The van der Waals surface area contributed by atoms with Crippen molar-refractivity contribution in [3.63, 3.8) is 0 Å². The maximum absolute atomic E-state index is 8.88. The summed E-state index contributed by atoms with van der Waals surface area (Å²) < 4.78 is 0. The molecule has 3 nitrogen and oxygen atoms in total. The second-order valence-corrected chi connectivity index (χ2v) is 4.17. The molecule has 0 aliphatic rings. The van der Waals surface area contributed by atoms with Crippen LogP contribution in [0.15, 0.2) is 18.2 Å². The van der Waals surface area contributed by atoms with Gasteiger partial charge in [0.25, 0.3) is 0 Å². The first-order valence-corrected chi connectivity index (χ1v) is 5.48. The average Bonchev–Trinajstić information content (AvgIpc) is 2.30. The van der Waals surface area contributed by atoms with Gasteiger partial charge in [0.05, 0.1) is 11.6 Å². The van der Waals surface area contributed by atoms with Gasteiger partial charge in [-0.25, -0.2) is 0 Å². The summed E-state index contributed by atoms with van der Waals surface area (Å²) in [4.78, 5) is 0. The molecule has 0 aliphatic carbocycles. The maximum Gasteiger partial charge on any atom is 0.0991 e. The summed E-state index contributed by atoms with van der Waals surface area (Å²) in [5.74, 6) is 0.277. The van der Waals surface area contributed by atoms with E-state index in [2.05, 4.69) is 11.4 Å². The Morgan fingerprint density at radius 2 is 2.25 bits per heavy atom. The molecule has 1 atom stereocenters. The molecule has 86 valence electrons. The van der Waals surface area contributed by atoms with E-state index in [1.807, 2.05) is 32.0 Å². The van der Waals surface area contributed by atoms with E-state index >= 15 is 0 Å². The van der Waals surface area contributed by atoms with Crippen LogP contribution < -0.4 is 5.32 Å². The molecule has 1 aromatic carbocycles. The van der Waals surface area contributed by atoms with Crippen LogP contribution in [0.2, 0.25) is 0 Å². The zero-order valence-electron chi connectivity index (χ0n) is 9.83. The van der Waals surface area contributed by atoms with Gasteiger partial charge in [-0.2, -0.15) is 5.26 Å². The molecule has 0 aliphatic heterocycles. The van der Waals surface area contributed by atoms with Crippen LogP contribution in [0.25, 0.3) is 0 Å². The minimum Gasteiger partial charge on any atom is -0.396 e. The normalized spacial score (nSPS) is 12.1. The number of nitrogens with zero attached hydrogens (tertiary/aromatic N) is 1. The van der Waals surface area contributed by atoms with Gasteiger partial charge in [-0.05, 0) is 36.1 Å². The van der Waals surface area contributed by atoms with Crippen molar-refractivity contribution in [1.82, 2.24) is 5.32 Å². The molecule has 0 heterocycles. The van der Waals surface area contributed by atoms with Gasteiger partial charge >= 0.3 is 0 Å². The van der Waals surface area contributed by atoms with Gasteiger partial charge in [-0.3, -0.25) is 0 Å². The Morgan fingerprint density at radius 1 is 1.50 bits per heavy atom. The second-order valence-electron chi connectivity index (χ2n) is 4.17. The Morgan fingerprint density at radius 3 is 2.81 bits per heavy atom. The largest absolute Gasteiger partial charge is 0.396 e. The van der Waals surface area contributed by atoms with Crippen molar-refractivity contribution in [2.24, 2.45) is 5.92 Å². The van der Waals surface area contributed by atoms with Crippen molar-refractivity contribution < 1.29 is 5.11 Å². The van der Waals surface area contributed by atoms with Crippen LogP contribution in [0.4, 0.5) is 0 Å². The van der Waals surface area contributed by atoms with Gasteiger partial charge in [0.15, 0.2) is 0 Å². The van der Waals surface area contributed by atoms with Gasteiger partial charge in [0, 0.05) is 19.7 Å². The lowest BCUT2D eigenvalue weighted by Gasteiger charge is -2.11. The summed E-state index contributed by atoms with van der Waals surface area (Å²) >= 11 is 0. The van der Waals surface area contributed by atoms with E-state index in [4.69, 9.17) is 10.4 Å². The fourth-order valence-corrected chi connectivity index (χ4v) is 1.48. The molecule has 0 fully saturated rings. The highest BCUT2D eigenvalue weighted by Crippen LogP contribution is 2.10. The molecule has 2 N–H and O–H groups in total. The van der Waals surface area contributed by atoms with Gasteiger partial charge < -0.3 is 10.4 Å².